The quantitative estimate of drug-likeness (QED) is 0.163. The van der Waals surface area contributed by atoms with Crippen LogP contribution in [0, 0.1) is 5.92 Å². The molecule has 0 aliphatic carbocycles. The van der Waals surface area contributed by atoms with Crippen molar-refractivity contribution in [1.82, 2.24) is 0 Å². The van der Waals surface area contributed by atoms with Crippen LogP contribution in [0.3, 0.4) is 0 Å². The van der Waals surface area contributed by atoms with E-state index in [1.165, 1.54) is 51.9 Å². The van der Waals surface area contributed by atoms with E-state index in [0.29, 0.717) is 23.8 Å². The highest BCUT2D eigenvalue weighted by Crippen LogP contribution is 2.28. The monoisotopic (exact) mass is 434 g/mol. The Hall–Kier alpha value is -2.04. The lowest BCUT2D eigenvalue weighted by Crippen LogP contribution is -2.27. The van der Waals surface area contributed by atoms with Crippen LogP contribution in [0.4, 0.5) is 0 Å². The number of unbranched alkanes of at least 4 members (excludes halogenated alkanes) is 9. The summed E-state index contributed by atoms with van der Waals surface area (Å²) in [6.45, 7) is 7.76. The van der Waals surface area contributed by atoms with Crippen LogP contribution in [0.2, 0.25) is 0 Å². The lowest BCUT2D eigenvalue weighted by molar-refractivity contribution is -0.145. The normalized spacial score (nSPS) is 12.0. The molecule has 1 N–H and O–H groups in total. The molecule has 1 rings (SSSR count). The van der Waals surface area contributed by atoms with Gasteiger partial charge in [0.1, 0.15) is 11.5 Å². The van der Waals surface area contributed by atoms with Crippen molar-refractivity contribution in [2.45, 2.75) is 111 Å². The van der Waals surface area contributed by atoms with E-state index in [4.69, 9.17) is 9.47 Å². The zero-order valence-electron chi connectivity index (χ0n) is 20.0. The fourth-order valence-electron chi connectivity index (χ4n) is 3.70. The van der Waals surface area contributed by atoms with Gasteiger partial charge < -0.3 is 14.6 Å². The topological polar surface area (TPSA) is 72.8 Å². The van der Waals surface area contributed by atoms with Gasteiger partial charge in [-0.05, 0) is 48.9 Å². The second-order valence-electron chi connectivity index (χ2n) is 8.88. The third kappa shape index (κ3) is 12.4. The number of rotatable bonds is 17. The molecule has 5 nitrogen and oxygen atoms in total. The summed E-state index contributed by atoms with van der Waals surface area (Å²) in [6.07, 6.45) is 12.5. The first kappa shape index (κ1) is 27.0. The number of carboxylic acid groups (broad SMARTS) is 1. The summed E-state index contributed by atoms with van der Waals surface area (Å²) in [7, 11) is 0. The molecule has 0 fully saturated rings. The maximum Gasteiger partial charge on any atom is 0.344 e. The molecule has 1 aromatic rings. The fraction of sp³-hybridized carbons (Fsp3) is 0.692. The summed E-state index contributed by atoms with van der Waals surface area (Å²) < 4.78 is 11.1. The van der Waals surface area contributed by atoms with E-state index in [9.17, 15) is 14.7 Å². The molecule has 0 aromatic heterocycles. The minimum Gasteiger partial charge on any atom is -0.479 e. The van der Waals surface area contributed by atoms with Crippen LogP contribution in [-0.4, -0.2) is 23.1 Å². The molecule has 176 valence electrons. The third-order valence-corrected chi connectivity index (χ3v) is 5.29. The van der Waals surface area contributed by atoms with Crippen molar-refractivity contribution in [2.24, 2.45) is 5.92 Å². The van der Waals surface area contributed by atoms with Crippen LogP contribution in [0.1, 0.15) is 104 Å². The first-order valence-electron chi connectivity index (χ1n) is 12.0. The predicted molar refractivity (Wildman–Crippen MR) is 125 cm³/mol. The van der Waals surface area contributed by atoms with Crippen LogP contribution in [-0.2, 0) is 16.0 Å². The van der Waals surface area contributed by atoms with Gasteiger partial charge in [0.05, 0.1) is 0 Å². The third-order valence-electron chi connectivity index (χ3n) is 5.29. The Morgan fingerprint density at radius 2 is 1.52 bits per heavy atom. The predicted octanol–water partition coefficient (Wildman–Crippen LogP) is 6.95. The molecular weight excluding hydrogens is 392 g/mol. The van der Waals surface area contributed by atoms with Gasteiger partial charge in [0, 0.05) is 6.92 Å². The average Bonchev–Trinajstić information content (AvgIpc) is 2.69. The molecular formula is C26H42O5. The number of hydrogen-bond acceptors (Lipinski definition) is 4. The van der Waals surface area contributed by atoms with Gasteiger partial charge >= 0.3 is 11.9 Å². The van der Waals surface area contributed by atoms with E-state index >= 15 is 0 Å². The van der Waals surface area contributed by atoms with E-state index in [2.05, 4.69) is 20.8 Å². The van der Waals surface area contributed by atoms with Crippen LogP contribution in [0.5, 0.6) is 11.5 Å². The number of carboxylic acids is 1. The summed E-state index contributed by atoms with van der Waals surface area (Å²) in [5.74, 6) is 0.0704. The first-order chi connectivity index (χ1) is 14.8. The van der Waals surface area contributed by atoms with Crippen molar-refractivity contribution in [2.75, 3.05) is 0 Å². The molecule has 0 aliphatic rings. The molecule has 0 radical (unpaired) electrons. The molecule has 0 saturated heterocycles. The standard InChI is InChI=1S/C26H42O5/c1-5-6-7-8-9-10-11-12-13-14-15-25(26(28)29)31-23-16-17-24(30-21(4)27)22(19-23)18-20(2)3/h16-17,19-20,25H,5-15,18H2,1-4H3,(H,28,29)/t25-/m1/s1. The molecule has 0 heterocycles. The Kier molecular flexibility index (Phi) is 13.7. The highest BCUT2D eigenvalue weighted by Gasteiger charge is 2.20. The highest BCUT2D eigenvalue weighted by molar-refractivity contribution is 5.73. The molecule has 0 spiro atoms. The van der Waals surface area contributed by atoms with E-state index < -0.39 is 12.1 Å². The van der Waals surface area contributed by atoms with Gasteiger partial charge in [0.2, 0.25) is 0 Å². The van der Waals surface area contributed by atoms with Crippen LogP contribution in [0.25, 0.3) is 0 Å². The minimum absolute atomic E-state index is 0.367. The van der Waals surface area contributed by atoms with Crippen molar-refractivity contribution in [1.29, 1.82) is 0 Å². The van der Waals surface area contributed by atoms with Gasteiger partial charge in [-0.25, -0.2) is 4.79 Å². The van der Waals surface area contributed by atoms with Gasteiger partial charge in [0.25, 0.3) is 0 Å². The van der Waals surface area contributed by atoms with Crippen LogP contribution in [0.15, 0.2) is 18.2 Å². The Bertz CT molecular complexity index is 653. The fourth-order valence-corrected chi connectivity index (χ4v) is 3.70. The summed E-state index contributed by atoms with van der Waals surface area (Å²) in [6, 6.07) is 5.16. The molecule has 1 atom stereocenters. The van der Waals surface area contributed by atoms with E-state index in [1.54, 1.807) is 18.2 Å². The highest BCUT2D eigenvalue weighted by atomic mass is 16.5. The number of carbonyl (C=O) groups is 2. The summed E-state index contributed by atoms with van der Waals surface area (Å²) in [5, 5.41) is 9.57. The number of aliphatic carboxylic acids is 1. The zero-order valence-corrected chi connectivity index (χ0v) is 20.0. The molecule has 0 aliphatic heterocycles. The lowest BCUT2D eigenvalue weighted by Gasteiger charge is -2.17. The first-order valence-corrected chi connectivity index (χ1v) is 12.0. The zero-order chi connectivity index (χ0) is 23.1. The largest absolute Gasteiger partial charge is 0.479 e. The maximum atomic E-state index is 11.7. The van der Waals surface area contributed by atoms with Gasteiger partial charge in [-0.2, -0.15) is 0 Å². The Balaban J connectivity index is 2.49. The summed E-state index contributed by atoms with van der Waals surface area (Å²) >= 11 is 0. The van der Waals surface area contributed by atoms with E-state index in [0.717, 1.165) is 31.2 Å². The Morgan fingerprint density at radius 3 is 2.03 bits per heavy atom. The van der Waals surface area contributed by atoms with Crippen LogP contribution < -0.4 is 9.47 Å². The number of benzene rings is 1. The van der Waals surface area contributed by atoms with Crippen molar-refractivity contribution in [3.8, 4) is 11.5 Å². The molecule has 5 heteroatoms. The Morgan fingerprint density at radius 1 is 0.935 bits per heavy atom. The van der Waals surface area contributed by atoms with Crippen molar-refractivity contribution in [3.63, 3.8) is 0 Å². The molecule has 0 saturated carbocycles. The van der Waals surface area contributed by atoms with Crippen molar-refractivity contribution in [3.05, 3.63) is 23.8 Å². The van der Waals surface area contributed by atoms with Gasteiger partial charge in [-0.3, -0.25) is 4.79 Å². The second kappa shape index (κ2) is 15.7. The van der Waals surface area contributed by atoms with Gasteiger partial charge in [-0.1, -0.05) is 78.6 Å². The van der Waals surface area contributed by atoms with Gasteiger partial charge in [-0.15, -0.1) is 0 Å². The minimum atomic E-state index is -0.939. The second-order valence-corrected chi connectivity index (χ2v) is 8.88. The lowest BCUT2D eigenvalue weighted by atomic mass is 10.0. The number of ether oxygens (including phenoxy) is 2. The molecule has 1 aromatic carbocycles. The summed E-state index contributed by atoms with van der Waals surface area (Å²) in [5.41, 5.74) is 0.853. The maximum absolute atomic E-state index is 11.7. The van der Waals surface area contributed by atoms with E-state index in [-0.39, 0.29) is 5.97 Å². The summed E-state index contributed by atoms with van der Waals surface area (Å²) in [4.78, 5) is 23.0. The number of carbonyl (C=O) groups excluding carboxylic acids is 1. The van der Waals surface area contributed by atoms with E-state index in [1.807, 2.05) is 0 Å². The Labute approximate surface area is 188 Å². The molecule has 31 heavy (non-hydrogen) atoms. The SMILES string of the molecule is CCCCCCCCCCCC[C@@H](Oc1ccc(OC(C)=O)c(CC(C)C)c1)C(=O)O. The van der Waals surface area contributed by atoms with Crippen molar-refractivity contribution >= 4 is 11.9 Å². The van der Waals surface area contributed by atoms with Crippen LogP contribution >= 0.6 is 0 Å². The van der Waals surface area contributed by atoms with Gasteiger partial charge in [0.15, 0.2) is 6.10 Å². The number of esters is 1. The smallest absolute Gasteiger partial charge is 0.344 e. The molecule has 0 amide bonds. The molecule has 0 unspecified atom stereocenters. The number of hydrogen-bond donors (Lipinski definition) is 1. The van der Waals surface area contributed by atoms with Crippen molar-refractivity contribution < 1.29 is 24.2 Å². The average molecular weight is 435 g/mol. The molecule has 0 bridgehead atoms.